The van der Waals surface area contributed by atoms with Crippen molar-refractivity contribution in [1.29, 1.82) is 0 Å². The van der Waals surface area contributed by atoms with Crippen molar-refractivity contribution in [2.45, 2.75) is 13.8 Å². The minimum absolute atomic E-state index is 0.140. The van der Waals surface area contributed by atoms with E-state index in [1.807, 2.05) is 17.5 Å². The normalized spacial score (nSPS) is 11.0. The Balaban J connectivity index is 2.45. The maximum Gasteiger partial charge on any atom is 0.345 e. The fourth-order valence-corrected chi connectivity index (χ4v) is 3.25. The van der Waals surface area contributed by atoms with Crippen LogP contribution in [0.1, 0.15) is 22.8 Å². The molecule has 2 aromatic heterocycles. The predicted octanol–water partition coefficient (Wildman–Crippen LogP) is 3.74. The molecule has 2 heterocycles. The Bertz CT molecular complexity index is 904. The Labute approximate surface area is 124 Å². The molecular formula is C16H12O4S. The Morgan fingerprint density at radius 2 is 2.05 bits per heavy atom. The fourth-order valence-electron chi connectivity index (χ4n) is 2.44. The lowest BCUT2D eigenvalue weighted by atomic mass is 10.0. The van der Waals surface area contributed by atoms with Crippen LogP contribution in [0.15, 0.2) is 38.9 Å². The van der Waals surface area contributed by atoms with E-state index in [2.05, 4.69) is 0 Å². The van der Waals surface area contributed by atoms with E-state index in [1.54, 1.807) is 13.0 Å². The number of fused-ring (bicyclic) bond motifs is 1. The molecule has 4 nitrogen and oxygen atoms in total. The smallest absolute Gasteiger partial charge is 0.345 e. The summed E-state index contributed by atoms with van der Waals surface area (Å²) < 4.78 is 5.29. The highest BCUT2D eigenvalue weighted by atomic mass is 32.1. The van der Waals surface area contributed by atoms with Gasteiger partial charge in [0.15, 0.2) is 5.78 Å². The second kappa shape index (κ2) is 4.86. The zero-order valence-electron chi connectivity index (χ0n) is 11.5. The number of phenols is 1. The lowest BCUT2D eigenvalue weighted by Crippen LogP contribution is -2.06. The molecule has 0 atom stereocenters. The van der Waals surface area contributed by atoms with E-state index < -0.39 is 5.63 Å². The monoisotopic (exact) mass is 300 g/mol. The molecule has 3 rings (SSSR count). The van der Waals surface area contributed by atoms with E-state index in [0.717, 1.165) is 4.88 Å². The summed E-state index contributed by atoms with van der Waals surface area (Å²) >= 11 is 1.42. The van der Waals surface area contributed by atoms with Gasteiger partial charge >= 0.3 is 5.63 Å². The van der Waals surface area contributed by atoms with Crippen molar-refractivity contribution >= 4 is 28.1 Å². The molecule has 5 heteroatoms. The molecule has 1 N–H and O–H groups in total. The van der Waals surface area contributed by atoms with Gasteiger partial charge in [0.2, 0.25) is 0 Å². The number of thiophene rings is 1. The molecule has 106 valence electrons. The number of Topliss-reactive ketones (excluding diaryl/α,β-unsaturated/α-hetero) is 1. The summed E-state index contributed by atoms with van der Waals surface area (Å²) in [6, 6.07) is 6.67. The SMILES string of the molecule is CC(=O)c1ccc2oc(=O)c(-c3cccs3)c(C)c2c1O. The summed E-state index contributed by atoms with van der Waals surface area (Å²) in [5.41, 5.74) is 1.09. The second-order valence-electron chi connectivity index (χ2n) is 4.76. The first-order chi connectivity index (χ1) is 10.0. The molecule has 1 aromatic carbocycles. The third kappa shape index (κ3) is 2.06. The molecule has 21 heavy (non-hydrogen) atoms. The Kier molecular flexibility index (Phi) is 3.14. The number of hydrogen-bond donors (Lipinski definition) is 1. The van der Waals surface area contributed by atoms with Gasteiger partial charge < -0.3 is 9.52 Å². The molecule has 0 spiro atoms. The van der Waals surface area contributed by atoms with Gasteiger partial charge in [0.1, 0.15) is 11.3 Å². The van der Waals surface area contributed by atoms with E-state index in [-0.39, 0.29) is 22.7 Å². The van der Waals surface area contributed by atoms with Gasteiger partial charge in [-0.25, -0.2) is 4.79 Å². The zero-order chi connectivity index (χ0) is 15.1. The lowest BCUT2D eigenvalue weighted by molar-refractivity contribution is 0.101. The zero-order valence-corrected chi connectivity index (χ0v) is 12.3. The largest absolute Gasteiger partial charge is 0.506 e. The fraction of sp³-hybridized carbons (Fsp3) is 0.125. The Morgan fingerprint density at radius 3 is 2.67 bits per heavy atom. The summed E-state index contributed by atoms with van der Waals surface area (Å²) in [7, 11) is 0. The van der Waals surface area contributed by atoms with Crippen LogP contribution in [-0.4, -0.2) is 10.9 Å². The van der Waals surface area contributed by atoms with Crippen molar-refractivity contribution < 1.29 is 14.3 Å². The highest BCUT2D eigenvalue weighted by molar-refractivity contribution is 7.13. The third-order valence-electron chi connectivity index (χ3n) is 3.44. The van der Waals surface area contributed by atoms with Crippen molar-refractivity contribution in [2.24, 2.45) is 0 Å². The molecule has 0 bridgehead atoms. The molecule has 3 aromatic rings. The molecule has 0 aliphatic heterocycles. The number of carbonyl (C=O) groups excluding carboxylic acids is 1. The van der Waals surface area contributed by atoms with Gasteiger partial charge in [0, 0.05) is 4.88 Å². The molecule has 0 saturated carbocycles. The summed E-state index contributed by atoms with van der Waals surface area (Å²) in [4.78, 5) is 24.5. The topological polar surface area (TPSA) is 67.5 Å². The van der Waals surface area contributed by atoms with Crippen LogP contribution in [0.3, 0.4) is 0 Å². The van der Waals surface area contributed by atoms with Crippen LogP contribution in [-0.2, 0) is 0 Å². The van der Waals surface area contributed by atoms with Crippen LogP contribution in [0, 0.1) is 6.92 Å². The van der Waals surface area contributed by atoms with E-state index >= 15 is 0 Å². The molecule has 0 fully saturated rings. The van der Waals surface area contributed by atoms with E-state index in [4.69, 9.17) is 4.42 Å². The number of aryl methyl sites for hydroxylation is 1. The number of aromatic hydroxyl groups is 1. The standard InChI is InChI=1S/C16H12O4S/c1-8-13-11(6-5-10(9(2)17)15(13)18)20-16(19)14(8)12-4-3-7-21-12/h3-7,18H,1-2H3. The second-order valence-corrected chi connectivity index (χ2v) is 5.71. The first kappa shape index (κ1) is 13.6. The van der Waals surface area contributed by atoms with Gasteiger partial charge in [-0.15, -0.1) is 11.3 Å². The quantitative estimate of drug-likeness (QED) is 0.578. The van der Waals surface area contributed by atoms with Gasteiger partial charge in [-0.05, 0) is 43.0 Å². The van der Waals surface area contributed by atoms with Gasteiger partial charge in [-0.3, -0.25) is 4.79 Å². The highest BCUT2D eigenvalue weighted by Gasteiger charge is 2.19. The van der Waals surface area contributed by atoms with Crippen molar-refractivity contribution in [3.63, 3.8) is 0 Å². The van der Waals surface area contributed by atoms with Gasteiger partial charge in [-0.2, -0.15) is 0 Å². The van der Waals surface area contributed by atoms with Crippen LogP contribution in [0.5, 0.6) is 5.75 Å². The minimum Gasteiger partial charge on any atom is -0.506 e. The average molecular weight is 300 g/mol. The van der Waals surface area contributed by atoms with Crippen LogP contribution in [0.4, 0.5) is 0 Å². The molecular weight excluding hydrogens is 288 g/mol. The first-order valence-corrected chi connectivity index (χ1v) is 7.23. The molecule has 0 saturated heterocycles. The summed E-state index contributed by atoms with van der Waals surface area (Å²) in [6.07, 6.45) is 0. The van der Waals surface area contributed by atoms with Crippen molar-refractivity contribution in [3.05, 3.63) is 51.2 Å². The number of phenolic OH excluding ortho intramolecular Hbond substituents is 1. The van der Waals surface area contributed by atoms with Crippen LogP contribution in [0.2, 0.25) is 0 Å². The van der Waals surface area contributed by atoms with Crippen LogP contribution in [0.25, 0.3) is 21.4 Å². The number of benzene rings is 1. The van der Waals surface area contributed by atoms with Gasteiger partial charge in [0.05, 0.1) is 16.5 Å². The number of carbonyl (C=O) groups is 1. The molecule has 0 aliphatic rings. The van der Waals surface area contributed by atoms with Crippen molar-refractivity contribution in [2.75, 3.05) is 0 Å². The molecule has 0 aliphatic carbocycles. The van der Waals surface area contributed by atoms with Crippen molar-refractivity contribution in [3.8, 4) is 16.2 Å². The number of ketones is 1. The van der Waals surface area contributed by atoms with Crippen LogP contribution >= 0.6 is 11.3 Å². The van der Waals surface area contributed by atoms with Crippen molar-refractivity contribution in [1.82, 2.24) is 0 Å². The number of hydrogen-bond acceptors (Lipinski definition) is 5. The van der Waals surface area contributed by atoms with E-state index in [1.165, 1.54) is 24.3 Å². The molecule has 0 amide bonds. The average Bonchev–Trinajstić information content (AvgIpc) is 2.91. The maximum atomic E-state index is 12.2. The molecule has 0 radical (unpaired) electrons. The van der Waals surface area contributed by atoms with E-state index in [9.17, 15) is 14.7 Å². The van der Waals surface area contributed by atoms with Crippen LogP contribution < -0.4 is 5.63 Å². The Hall–Kier alpha value is -2.40. The maximum absolute atomic E-state index is 12.2. The molecule has 0 unspecified atom stereocenters. The number of rotatable bonds is 2. The third-order valence-corrected chi connectivity index (χ3v) is 4.33. The van der Waals surface area contributed by atoms with Gasteiger partial charge in [0.25, 0.3) is 0 Å². The summed E-state index contributed by atoms with van der Waals surface area (Å²) in [6.45, 7) is 3.13. The van der Waals surface area contributed by atoms with Gasteiger partial charge in [-0.1, -0.05) is 6.07 Å². The minimum atomic E-state index is -0.447. The Morgan fingerprint density at radius 1 is 1.29 bits per heavy atom. The summed E-state index contributed by atoms with van der Waals surface area (Å²) in [5, 5.41) is 12.6. The predicted molar refractivity (Wildman–Crippen MR) is 82.2 cm³/mol. The van der Waals surface area contributed by atoms with E-state index in [0.29, 0.717) is 16.5 Å². The summed E-state index contributed by atoms with van der Waals surface area (Å²) in [5.74, 6) is -0.378. The lowest BCUT2D eigenvalue weighted by Gasteiger charge is -2.10. The first-order valence-electron chi connectivity index (χ1n) is 6.35. The highest BCUT2D eigenvalue weighted by Crippen LogP contribution is 2.35.